The smallest absolute Gasteiger partial charge is 0.258 e. The maximum atomic E-state index is 14.2. The Balaban J connectivity index is 1.18. The fraction of sp³-hybridized carbons (Fsp3) is 0.633. The lowest BCUT2D eigenvalue weighted by molar-refractivity contribution is -0.0299. The second-order valence-electron chi connectivity index (χ2n) is 12.7. The van der Waals surface area contributed by atoms with Gasteiger partial charge in [-0.15, -0.1) is 0 Å². The van der Waals surface area contributed by atoms with E-state index in [1.807, 2.05) is 0 Å². The molecule has 3 aliphatic rings. The topological polar surface area (TPSA) is 117 Å². The van der Waals surface area contributed by atoms with E-state index in [0.29, 0.717) is 12.4 Å². The number of anilines is 1. The van der Waals surface area contributed by atoms with E-state index in [-0.39, 0.29) is 34.6 Å². The summed E-state index contributed by atoms with van der Waals surface area (Å²) >= 11 is 0. The van der Waals surface area contributed by atoms with Crippen molar-refractivity contribution < 1.29 is 35.9 Å². The van der Waals surface area contributed by atoms with E-state index in [4.69, 9.17) is 9.47 Å². The second-order valence-corrected chi connectivity index (χ2v) is 14.5. The Morgan fingerprint density at radius 2 is 1.93 bits per heavy atom. The molecule has 5 rings (SSSR count). The molecule has 3 aliphatic heterocycles. The monoisotopic (exact) mass is 654 g/mol. The number of hydrogen-bond donors (Lipinski definition) is 1. The van der Waals surface area contributed by atoms with Crippen LogP contribution < -0.4 is 14.4 Å². The highest BCUT2D eigenvalue weighted by Gasteiger charge is 2.46. The number of carbonyl (C=O) groups excluding carboxylic acids is 1. The molecule has 1 amide bonds. The molecule has 11 nitrogen and oxygen atoms in total. The van der Waals surface area contributed by atoms with Crippen molar-refractivity contribution in [3.8, 4) is 11.5 Å². The van der Waals surface area contributed by atoms with Crippen LogP contribution in [-0.2, 0) is 14.8 Å². The van der Waals surface area contributed by atoms with Crippen LogP contribution in [-0.4, -0.2) is 111 Å². The van der Waals surface area contributed by atoms with Gasteiger partial charge < -0.3 is 24.2 Å². The van der Waals surface area contributed by atoms with E-state index in [9.17, 15) is 26.4 Å². The van der Waals surface area contributed by atoms with E-state index in [1.54, 1.807) is 13.8 Å². The first-order valence-corrected chi connectivity index (χ1v) is 17.1. The van der Waals surface area contributed by atoms with Crippen molar-refractivity contribution in [3.63, 3.8) is 0 Å². The van der Waals surface area contributed by atoms with Crippen molar-refractivity contribution in [1.82, 2.24) is 24.5 Å². The number of nitrogens with zero attached hydrogens (tertiary/aromatic N) is 5. The molecule has 1 N–H and O–H groups in total. The van der Waals surface area contributed by atoms with Gasteiger partial charge in [0.2, 0.25) is 10.0 Å². The number of carbonyl (C=O) groups is 1. The number of sulfonamides is 1. The lowest BCUT2D eigenvalue weighted by atomic mass is 9.72. The van der Waals surface area contributed by atoms with Gasteiger partial charge in [0.25, 0.3) is 12.3 Å². The summed E-state index contributed by atoms with van der Waals surface area (Å²) < 4.78 is 78.3. The molecule has 15 heteroatoms. The van der Waals surface area contributed by atoms with Crippen molar-refractivity contribution in [1.29, 1.82) is 0 Å². The predicted octanol–water partition coefficient (Wildman–Crippen LogP) is 3.52. The molecule has 2 atom stereocenters. The summed E-state index contributed by atoms with van der Waals surface area (Å²) in [6, 6.07) is 2.75. The highest BCUT2D eigenvalue weighted by atomic mass is 32.2. The van der Waals surface area contributed by atoms with Crippen LogP contribution in [0.3, 0.4) is 0 Å². The number of benzene rings is 1. The van der Waals surface area contributed by atoms with Gasteiger partial charge in [-0.05, 0) is 70.8 Å². The molecule has 4 heterocycles. The van der Waals surface area contributed by atoms with Gasteiger partial charge in [0, 0.05) is 37.1 Å². The van der Waals surface area contributed by atoms with Gasteiger partial charge in [0.05, 0.1) is 37.3 Å². The molecule has 0 radical (unpaired) electrons. The summed E-state index contributed by atoms with van der Waals surface area (Å²) in [6.45, 7) is 7.04. The molecule has 0 bridgehead atoms. The maximum Gasteiger partial charge on any atom is 0.258 e. The van der Waals surface area contributed by atoms with Crippen molar-refractivity contribution in [3.05, 3.63) is 42.1 Å². The fourth-order valence-electron chi connectivity index (χ4n) is 6.40. The standard InChI is InChI=1S/C30H41F3N6O5S/c1-20(2)39(15-27(32)33)29(40)24-12-21(31)4-7-25(24)44-26-13-34-19-35-28(26)38-17-30(18-38)8-10-37(11-9-30)14-23-6-5-22(16-43-23)36-45(3,41)42/h4,7,12-13,19-20,22-23,27,36H,5-6,8-11,14-18H2,1-3H3/t22-,23+/m1/s1. The third-order valence-corrected chi connectivity index (χ3v) is 9.51. The Hall–Kier alpha value is -3.01. The average molecular weight is 655 g/mol. The van der Waals surface area contributed by atoms with Gasteiger partial charge in [-0.2, -0.15) is 0 Å². The molecule has 1 spiro atoms. The highest BCUT2D eigenvalue weighted by Crippen LogP contribution is 2.45. The Morgan fingerprint density at radius 3 is 2.56 bits per heavy atom. The number of rotatable bonds is 11. The molecule has 0 saturated carbocycles. The molecule has 248 valence electrons. The number of halogens is 3. The number of hydrogen-bond acceptors (Lipinski definition) is 9. The molecule has 1 aromatic carbocycles. The molecule has 0 aliphatic carbocycles. The summed E-state index contributed by atoms with van der Waals surface area (Å²) in [5.74, 6) is -0.577. The van der Waals surface area contributed by atoms with Gasteiger partial charge in [0.15, 0.2) is 11.6 Å². The van der Waals surface area contributed by atoms with E-state index < -0.39 is 40.8 Å². The Bertz CT molecular complexity index is 1440. The minimum absolute atomic E-state index is 0.0317. The predicted molar refractivity (Wildman–Crippen MR) is 162 cm³/mol. The zero-order valence-electron chi connectivity index (χ0n) is 25.8. The third kappa shape index (κ3) is 8.43. The number of ether oxygens (including phenoxy) is 2. The molecule has 45 heavy (non-hydrogen) atoms. The van der Waals surface area contributed by atoms with Crippen molar-refractivity contribution in [2.24, 2.45) is 5.41 Å². The Kier molecular flexibility index (Phi) is 10.2. The number of aromatic nitrogens is 2. The minimum Gasteiger partial charge on any atom is -0.451 e. The largest absolute Gasteiger partial charge is 0.451 e. The van der Waals surface area contributed by atoms with E-state index in [2.05, 4.69) is 24.5 Å². The van der Waals surface area contributed by atoms with Gasteiger partial charge in [-0.25, -0.2) is 36.3 Å². The first-order valence-electron chi connectivity index (χ1n) is 15.2. The van der Waals surface area contributed by atoms with E-state index in [1.165, 1.54) is 18.6 Å². The SMILES string of the molecule is CC(C)N(CC(F)F)C(=O)c1cc(F)ccc1Oc1cncnc1N1CC2(CCN(C[C@@H]3CC[C@@H](NS(C)(=O)=O)CO3)CC2)C1. The number of likely N-dealkylation sites (tertiary alicyclic amines) is 1. The minimum atomic E-state index is -3.25. The lowest BCUT2D eigenvalue weighted by Gasteiger charge is -2.54. The summed E-state index contributed by atoms with van der Waals surface area (Å²) in [7, 11) is -3.25. The van der Waals surface area contributed by atoms with Crippen LogP contribution in [0.15, 0.2) is 30.7 Å². The third-order valence-electron chi connectivity index (χ3n) is 8.75. The van der Waals surface area contributed by atoms with E-state index in [0.717, 1.165) is 81.7 Å². The molecule has 3 saturated heterocycles. The summed E-state index contributed by atoms with van der Waals surface area (Å²) in [6.07, 6.45) is 4.96. The number of amides is 1. The summed E-state index contributed by atoms with van der Waals surface area (Å²) in [5.41, 5.74) is -0.0311. The first kappa shape index (κ1) is 33.4. The van der Waals surface area contributed by atoms with Crippen LogP contribution in [0, 0.1) is 11.2 Å². The first-order chi connectivity index (χ1) is 21.3. The van der Waals surface area contributed by atoms with Gasteiger partial charge in [-0.3, -0.25) is 4.79 Å². The van der Waals surface area contributed by atoms with Gasteiger partial charge >= 0.3 is 0 Å². The maximum absolute atomic E-state index is 14.2. The van der Waals surface area contributed by atoms with Crippen LogP contribution >= 0.6 is 0 Å². The molecule has 1 aromatic heterocycles. The Morgan fingerprint density at radius 1 is 1.20 bits per heavy atom. The van der Waals surface area contributed by atoms with Crippen LogP contribution in [0.2, 0.25) is 0 Å². The summed E-state index contributed by atoms with van der Waals surface area (Å²) in [4.78, 5) is 27.3. The molecule has 2 aromatic rings. The lowest BCUT2D eigenvalue weighted by Crippen LogP contribution is -2.61. The average Bonchev–Trinajstić information content (AvgIpc) is 2.96. The molecule has 3 fully saturated rings. The zero-order chi connectivity index (χ0) is 32.4. The van der Waals surface area contributed by atoms with Crippen molar-refractivity contribution in [2.45, 2.75) is 64.1 Å². The second kappa shape index (κ2) is 13.8. The van der Waals surface area contributed by atoms with Gasteiger partial charge in [0.1, 0.15) is 17.9 Å². The molecule has 0 unspecified atom stereocenters. The van der Waals surface area contributed by atoms with Crippen LogP contribution in [0.25, 0.3) is 0 Å². The normalized spacial score (nSPS) is 22.1. The van der Waals surface area contributed by atoms with Gasteiger partial charge in [-0.1, -0.05) is 0 Å². The fourth-order valence-corrected chi connectivity index (χ4v) is 7.19. The number of piperidine rings is 1. The molecular weight excluding hydrogens is 613 g/mol. The van der Waals surface area contributed by atoms with E-state index >= 15 is 0 Å². The number of alkyl halides is 2. The highest BCUT2D eigenvalue weighted by molar-refractivity contribution is 7.88. The van der Waals surface area contributed by atoms with Crippen LogP contribution in [0.1, 0.15) is 49.9 Å². The van der Waals surface area contributed by atoms with Crippen molar-refractivity contribution >= 4 is 21.7 Å². The zero-order valence-corrected chi connectivity index (χ0v) is 26.6. The Labute approximate surface area is 262 Å². The van der Waals surface area contributed by atoms with Crippen molar-refractivity contribution in [2.75, 3.05) is 57.0 Å². The summed E-state index contributed by atoms with van der Waals surface area (Å²) in [5, 5.41) is 0. The molecular formula is C30H41F3N6O5S. The quantitative estimate of drug-likeness (QED) is 0.389. The van der Waals surface area contributed by atoms with Crippen LogP contribution in [0.5, 0.6) is 11.5 Å². The van der Waals surface area contributed by atoms with Crippen LogP contribution in [0.4, 0.5) is 19.0 Å². The number of nitrogens with one attached hydrogen (secondary N) is 1.